The van der Waals surface area contributed by atoms with E-state index >= 15 is 0 Å². The Balaban J connectivity index is 1.89. The van der Waals surface area contributed by atoms with Gasteiger partial charge in [-0.3, -0.25) is 4.79 Å². The van der Waals surface area contributed by atoms with Gasteiger partial charge in [-0.25, -0.2) is 9.97 Å². The fourth-order valence-corrected chi connectivity index (χ4v) is 2.93. The Morgan fingerprint density at radius 2 is 1.81 bits per heavy atom. The third kappa shape index (κ3) is 2.83. The molecule has 2 heterocycles. The maximum atomic E-state index is 12.2. The van der Waals surface area contributed by atoms with Crippen LogP contribution in [0.3, 0.4) is 0 Å². The summed E-state index contributed by atoms with van der Waals surface area (Å²) in [5.41, 5.74) is 1.78. The zero-order valence-electron chi connectivity index (χ0n) is 13.4. The standard InChI is InChI=1S/C20H11ClN4O/c21-18-13(9-12-5-1-3-7-16(12)23-18)10-14(11-22)19-24-17-8-4-2-6-15(17)20(26)25-19/h1-10H,(H,24,25,26). The number of para-hydroxylation sites is 2. The van der Waals surface area contributed by atoms with Crippen molar-refractivity contribution in [2.24, 2.45) is 0 Å². The lowest BCUT2D eigenvalue weighted by molar-refractivity contribution is 1.13. The van der Waals surface area contributed by atoms with Gasteiger partial charge in [-0.1, -0.05) is 41.9 Å². The van der Waals surface area contributed by atoms with Gasteiger partial charge in [0.05, 0.1) is 22.0 Å². The van der Waals surface area contributed by atoms with E-state index in [4.69, 9.17) is 11.6 Å². The SMILES string of the molecule is N#CC(=Cc1cc2ccccc2nc1Cl)c1nc2ccccc2c(=O)[nH]1. The average molecular weight is 359 g/mol. The van der Waals surface area contributed by atoms with Crippen molar-refractivity contribution in [2.45, 2.75) is 0 Å². The van der Waals surface area contributed by atoms with E-state index in [-0.39, 0.29) is 22.1 Å². The van der Waals surface area contributed by atoms with Crippen molar-refractivity contribution in [3.63, 3.8) is 0 Å². The van der Waals surface area contributed by atoms with Gasteiger partial charge < -0.3 is 4.98 Å². The highest BCUT2D eigenvalue weighted by atomic mass is 35.5. The van der Waals surface area contributed by atoms with E-state index in [9.17, 15) is 10.1 Å². The first kappa shape index (κ1) is 16.0. The summed E-state index contributed by atoms with van der Waals surface area (Å²) in [7, 11) is 0. The number of rotatable bonds is 2. The van der Waals surface area contributed by atoms with Crippen LogP contribution in [0.25, 0.3) is 33.5 Å². The van der Waals surface area contributed by atoms with Crippen LogP contribution in [0.5, 0.6) is 0 Å². The van der Waals surface area contributed by atoms with Gasteiger partial charge in [0.15, 0.2) is 5.82 Å². The molecule has 2 aromatic heterocycles. The quantitative estimate of drug-likeness (QED) is 0.430. The van der Waals surface area contributed by atoms with Gasteiger partial charge >= 0.3 is 0 Å². The minimum atomic E-state index is -0.297. The first-order valence-corrected chi connectivity index (χ1v) is 8.20. The number of allylic oxidation sites excluding steroid dienone is 1. The lowest BCUT2D eigenvalue weighted by Crippen LogP contribution is -2.11. The monoisotopic (exact) mass is 358 g/mol. The molecule has 5 nitrogen and oxygen atoms in total. The molecular weight excluding hydrogens is 348 g/mol. The molecule has 0 radical (unpaired) electrons. The minimum absolute atomic E-state index is 0.195. The van der Waals surface area contributed by atoms with Gasteiger partial charge in [-0.2, -0.15) is 5.26 Å². The van der Waals surface area contributed by atoms with Crippen LogP contribution >= 0.6 is 11.6 Å². The van der Waals surface area contributed by atoms with Gasteiger partial charge in [0, 0.05) is 10.9 Å². The van der Waals surface area contributed by atoms with Crippen LogP contribution in [-0.2, 0) is 0 Å². The highest BCUT2D eigenvalue weighted by molar-refractivity contribution is 6.31. The fourth-order valence-electron chi connectivity index (χ4n) is 2.73. The fraction of sp³-hybridized carbons (Fsp3) is 0. The Bertz CT molecular complexity index is 1280. The van der Waals surface area contributed by atoms with Crippen molar-refractivity contribution >= 4 is 45.1 Å². The molecule has 4 rings (SSSR count). The Morgan fingerprint density at radius 3 is 2.62 bits per heavy atom. The number of benzene rings is 2. The average Bonchev–Trinajstić information content (AvgIpc) is 2.66. The lowest BCUT2D eigenvalue weighted by atomic mass is 10.1. The number of pyridine rings is 1. The summed E-state index contributed by atoms with van der Waals surface area (Å²) < 4.78 is 0. The van der Waals surface area contributed by atoms with Gasteiger partial charge in [0.25, 0.3) is 5.56 Å². The molecule has 4 aromatic rings. The van der Waals surface area contributed by atoms with E-state index in [1.165, 1.54) is 0 Å². The van der Waals surface area contributed by atoms with E-state index in [0.717, 1.165) is 10.9 Å². The molecule has 124 valence electrons. The summed E-state index contributed by atoms with van der Waals surface area (Å²) in [6.07, 6.45) is 1.58. The summed E-state index contributed by atoms with van der Waals surface area (Å²) in [4.78, 5) is 23.6. The molecule has 6 heteroatoms. The largest absolute Gasteiger partial charge is 0.305 e. The molecule has 2 aromatic carbocycles. The smallest absolute Gasteiger partial charge is 0.259 e. The van der Waals surface area contributed by atoms with Crippen molar-refractivity contribution in [1.29, 1.82) is 5.26 Å². The zero-order chi connectivity index (χ0) is 18.1. The number of hydrogen-bond acceptors (Lipinski definition) is 4. The predicted octanol–water partition coefficient (Wildman–Crippen LogP) is 4.19. The first-order valence-electron chi connectivity index (χ1n) is 7.82. The Morgan fingerprint density at radius 1 is 1.08 bits per heavy atom. The topological polar surface area (TPSA) is 82.4 Å². The second kappa shape index (κ2) is 6.43. The first-order chi connectivity index (χ1) is 12.7. The number of fused-ring (bicyclic) bond motifs is 2. The molecule has 0 spiro atoms. The molecule has 0 fully saturated rings. The number of hydrogen-bond donors (Lipinski definition) is 1. The molecular formula is C20H11ClN4O. The van der Waals surface area contributed by atoms with Crippen molar-refractivity contribution < 1.29 is 0 Å². The third-order valence-corrected chi connectivity index (χ3v) is 4.30. The summed E-state index contributed by atoms with van der Waals surface area (Å²) in [6.45, 7) is 0. The molecule has 0 aliphatic rings. The second-order valence-corrected chi connectivity index (χ2v) is 6.02. The van der Waals surface area contributed by atoms with Crippen LogP contribution in [0.15, 0.2) is 59.4 Å². The van der Waals surface area contributed by atoms with Crippen LogP contribution in [0.1, 0.15) is 11.4 Å². The van der Waals surface area contributed by atoms with Crippen molar-refractivity contribution in [3.8, 4) is 6.07 Å². The third-order valence-electron chi connectivity index (χ3n) is 3.99. The molecule has 0 bridgehead atoms. The number of nitriles is 1. The van der Waals surface area contributed by atoms with Crippen molar-refractivity contribution in [1.82, 2.24) is 15.0 Å². The number of nitrogens with zero attached hydrogens (tertiary/aromatic N) is 3. The van der Waals surface area contributed by atoms with E-state index in [1.54, 1.807) is 30.3 Å². The number of halogens is 1. The molecule has 0 amide bonds. The molecule has 0 atom stereocenters. The molecule has 0 aliphatic heterocycles. The van der Waals surface area contributed by atoms with Gasteiger partial charge in [0.1, 0.15) is 11.2 Å². The highest BCUT2D eigenvalue weighted by Gasteiger charge is 2.10. The van der Waals surface area contributed by atoms with Crippen molar-refractivity contribution in [2.75, 3.05) is 0 Å². The zero-order valence-corrected chi connectivity index (χ0v) is 14.2. The molecule has 1 N–H and O–H groups in total. The highest BCUT2D eigenvalue weighted by Crippen LogP contribution is 2.24. The minimum Gasteiger partial charge on any atom is -0.305 e. The molecule has 0 aliphatic carbocycles. The predicted molar refractivity (Wildman–Crippen MR) is 103 cm³/mol. The maximum Gasteiger partial charge on any atom is 0.259 e. The van der Waals surface area contributed by atoms with Crippen LogP contribution in [-0.4, -0.2) is 15.0 Å². The molecule has 26 heavy (non-hydrogen) atoms. The number of aromatic nitrogens is 3. The maximum absolute atomic E-state index is 12.2. The van der Waals surface area contributed by atoms with E-state index in [0.29, 0.717) is 16.5 Å². The van der Waals surface area contributed by atoms with Crippen LogP contribution in [0.2, 0.25) is 5.15 Å². The van der Waals surface area contributed by atoms with E-state index in [2.05, 4.69) is 21.0 Å². The van der Waals surface area contributed by atoms with Crippen LogP contribution in [0, 0.1) is 11.3 Å². The Hall–Kier alpha value is -3.49. The summed E-state index contributed by atoms with van der Waals surface area (Å²) in [6, 6.07) is 18.5. The molecule has 0 saturated carbocycles. The van der Waals surface area contributed by atoms with Crippen LogP contribution in [0.4, 0.5) is 0 Å². The van der Waals surface area contributed by atoms with Gasteiger partial charge in [0.2, 0.25) is 0 Å². The Labute approximate surface area is 153 Å². The molecule has 0 saturated heterocycles. The van der Waals surface area contributed by atoms with Gasteiger partial charge in [-0.05, 0) is 30.3 Å². The number of aromatic amines is 1. The lowest BCUT2D eigenvalue weighted by Gasteiger charge is -2.04. The Kier molecular flexibility index (Phi) is 3.96. The van der Waals surface area contributed by atoms with Crippen molar-refractivity contribution in [3.05, 3.63) is 81.5 Å². The number of nitrogens with one attached hydrogen (secondary N) is 1. The second-order valence-electron chi connectivity index (χ2n) is 5.66. The van der Waals surface area contributed by atoms with Crippen LogP contribution < -0.4 is 5.56 Å². The number of H-pyrrole nitrogens is 1. The van der Waals surface area contributed by atoms with E-state index < -0.39 is 0 Å². The summed E-state index contributed by atoms with van der Waals surface area (Å²) >= 11 is 6.26. The summed E-state index contributed by atoms with van der Waals surface area (Å²) in [5.74, 6) is 0.195. The normalized spacial score (nSPS) is 11.6. The van der Waals surface area contributed by atoms with Gasteiger partial charge in [-0.15, -0.1) is 0 Å². The molecule has 0 unspecified atom stereocenters. The summed E-state index contributed by atoms with van der Waals surface area (Å²) in [5, 5.41) is 11.2. The van der Waals surface area contributed by atoms with E-state index in [1.807, 2.05) is 30.3 Å².